The number of esters is 1. The van der Waals surface area contributed by atoms with Gasteiger partial charge in [0.05, 0.1) is 6.61 Å². The lowest BCUT2D eigenvalue weighted by Gasteiger charge is -2.18. The van der Waals surface area contributed by atoms with E-state index >= 15 is 0 Å². The first-order valence-corrected chi connectivity index (χ1v) is 3.75. The highest BCUT2D eigenvalue weighted by Crippen LogP contribution is 2.20. The van der Waals surface area contributed by atoms with E-state index in [2.05, 4.69) is 20.4 Å². The fraction of sp³-hybridized carbons (Fsp3) is 0.667. The molecule has 0 saturated heterocycles. The summed E-state index contributed by atoms with van der Waals surface area (Å²) < 4.78 is 4.79. The van der Waals surface area contributed by atoms with Gasteiger partial charge < -0.3 is 4.74 Å². The molecule has 0 spiro atoms. The standard InChI is InChI=1S/C9H16O2/c1-5-9(3,4)6-7-11-8(2)10/h5H,1,6-7H2,2-4H3. The van der Waals surface area contributed by atoms with E-state index in [1.165, 1.54) is 6.92 Å². The zero-order valence-corrected chi connectivity index (χ0v) is 7.52. The van der Waals surface area contributed by atoms with Gasteiger partial charge in [0.25, 0.3) is 0 Å². The summed E-state index contributed by atoms with van der Waals surface area (Å²) in [6.07, 6.45) is 2.70. The fourth-order valence-electron chi connectivity index (χ4n) is 0.560. The van der Waals surface area contributed by atoms with Crippen LogP contribution in [0.4, 0.5) is 0 Å². The second-order valence-corrected chi connectivity index (χ2v) is 3.28. The smallest absolute Gasteiger partial charge is 0.302 e. The van der Waals surface area contributed by atoms with Crippen LogP contribution in [0.25, 0.3) is 0 Å². The van der Waals surface area contributed by atoms with Crippen LogP contribution in [-0.4, -0.2) is 12.6 Å². The van der Waals surface area contributed by atoms with Crippen LogP contribution in [0.1, 0.15) is 27.2 Å². The maximum atomic E-state index is 10.4. The Morgan fingerprint density at radius 3 is 2.55 bits per heavy atom. The number of hydrogen-bond acceptors (Lipinski definition) is 2. The van der Waals surface area contributed by atoms with E-state index in [0.717, 1.165) is 6.42 Å². The molecule has 0 aliphatic carbocycles. The minimum atomic E-state index is -0.218. The summed E-state index contributed by atoms with van der Waals surface area (Å²) >= 11 is 0. The normalized spacial score (nSPS) is 10.8. The molecule has 0 rings (SSSR count). The predicted molar refractivity (Wildman–Crippen MR) is 45.2 cm³/mol. The summed E-state index contributed by atoms with van der Waals surface area (Å²) in [6, 6.07) is 0. The van der Waals surface area contributed by atoms with Gasteiger partial charge in [-0.2, -0.15) is 0 Å². The van der Waals surface area contributed by atoms with E-state index in [1.54, 1.807) is 0 Å². The van der Waals surface area contributed by atoms with Gasteiger partial charge in [0.2, 0.25) is 0 Å². The number of rotatable bonds is 4. The third kappa shape index (κ3) is 5.64. The van der Waals surface area contributed by atoms with Gasteiger partial charge >= 0.3 is 5.97 Å². The molecule has 11 heavy (non-hydrogen) atoms. The Morgan fingerprint density at radius 1 is 1.64 bits per heavy atom. The summed E-state index contributed by atoms with van der Waals surface area (Å²) in [5.74, 6) is -0.218. The second kappa shape index (κ2) is 4.16. The van der Waals surface area contributed by atoms with E-state index in [1.807, 2.05) is 6.08 Å². The lowest BCUT2D eigenvalue weighted by Crippen LogP contribution is -2.12. The molecule has 0 bridgehead atoms. The van der Waals surface area contributed by atoms with Crippen molar-refractivity contribution in [3.8, 4) is 0 Å². The second-order valence-electron chi connectivity index (χ2n) is 3.28. The maximum absolute atomic E-state index is 10.4. The molecule has 0 aliphatic heterocycles. The molecule has 0 heterocycles. The fourth-order valence-corrected chi connectivity index (χ4v) is 0.560. The SMILES string of the molecule is C=CC(C)(C)CCOC(C)=O. The van der Waals surface area contributed by atoms with Crippen molar-refractivity contribution in [1.29, 1.82) is 0 Å². The van der Waals surface area contributed by atoms with Crippen LogP contribution >= 0.6 is 0 Å². The van der Waals surface area contributed by atoms with Crippen molar-refractivity contribution in [2.75, 3.05) is 6.61 Å². The lowest BCUT2D eigenvalue weighted by atomic mass is 9.90. The monoisotopic (exact) mass is 156 g/mol. The molecule has 0 aromatic heterocycles. The molecule has 0 aromatic carbocycles. The molecule has 2 heteroatoms. The van der Waals surface area contributed by atoms with Crippen molar-refractivity contribution in [3.05, 3.63) is 12.7 Å². The molecule has 0 N–H and O–H groups in total. The van der Waals surface area contributed by atoms with E-state index in [4.69, 9.17) is 4.74 Å². The molecule has 2 nitrogen and oxygen atoms in total. The van der Waals surface area contributed by atoms with Gasteiger partial charge in [0.1, 0.15) is 0 Å². The Labute approximate surface area is 68.2 Å². The predicted octanol–water partition coefficient (Wildman–Crippen LogP) is 2.15. The van der Waals surface area contributed by atoms with Crippen molar-refractivity contribution in [2.24, 2.45) is 5.41 Å². The Balaban J connectivity index is 3.53. The highest BCUT2D eigenvalue weighted by molar-refractivity contribution is 5.65. The summed E-state index contributed by atoms with van der Waals surface area (Å²) in [5, 5.41) is 0. The van der Waals surface area contributed by atoms with E-state index in [9.17, 15) is 4.79 Å². The molecule has 0 unspecified atom stereocenters. The largest absolute Gasteiger partial charge is 0.466 e. The molecule has 0 radical (unpaired) electrons. The van der Waals surface area contributed by atoms with Crippen LogP contribution in [0, 0.1) is 5.41 Å². The highest BCUT2D eigenvalue weighted by Gasteiger charge is 2.12. The maximum Gasteiger partial charge on any atom is 0.302 e. The van der Waals surface area contributed by atoms with Crippen molar-refractivity contribution in [3.63, 3.8) is 0 Å². The molecule has 0 aliphatic rings. The van der Waals surface area contributed by atoms with Gasteiger partial charge in [-0.1, -0.05) is 19.9 Å². The minimum Gasteiger partial charge on any atom is -0.466 e. The molecule has 0 saturated carbocycles. The van der Waals surface area contributed by atoms with Crippen molar-refractivity contribution < 1.29 is 9.53 Å². The van der Waals surface area contributed by atoms with Gasteiger partial charge in [0, 0.05) is 6.92 Å². The number of hydrogen-bond donors (Lipinski definition) is 0. The van der Waals surface area contributed by atoms with Crippen LogP contribution in [0.15, 0.2) is 12.7 Å². The van der Waals surface area contributed by atoms with Gasteiger partial charge in [-0.05, 0) is 11.8 Å². The van der Waals surface area contributed by atoms with Crippen molar-refractivity contribution in [1.82, 2.24) is 0 Å². The zero-order chi connectivity index (χ0) is 8.91. The van der Waals surface area contributed by atoms with Crippen LogP contribution < -0.4 is 0 Å². The number of ether oxygens (including phenoxy) is 1. The van der Waals surface area contributed by atoms with Crippen LogP contribution in [0.2, 0.25) is 0 Å². The molecule has 64 valence electrons. The quantitative estimate of drug-likeness (QED) is 0.460. The number of carbonyl (C=O) groups is 1. The summed E-state index contributed by atoms with van der Waals surface area (Å²) in [7, 11) is 0. The zero-order valence-electron chi connectivity index (χ0n) is 7.52. The van der Waals surface area contributed by atoms with E-state index in [-0.39, 0.29) is 11.4 Å². The Bertz CT molecular complexity index is 148. The van der Waals surface area contributed by atoms with Gasteiger partial charge in [0.15, 0.2) is 0 Å². The first kappa shape index (κ1) is 10.2. The van der Waals surface area contributed by atoms with Crippen LogP contribution in [0.3, 0.4) is 0 Å². The lowest BCUT2D eigenvalue weighted by molar-refractivity contribution is -0.141. The topological polar surface area (TPSA) is 26.3 Å². The minimum absolute atomic E-state index is 0.0649. The third-order valence-corrected chi connectivity index (χ3v) is 1.60. The van der Waals surface area contributed by atoms with Crippen LogP contribution in [0.5, 0.6) is 0 Å². The number of allylic oxidation sites excluding steroid dienone is 1. The molecular formula is C9H16O2. The first-order chi connectivity index (χ1) is 4.98. The molecule has 0 fully saturated rings. The van der Waals surface area contributed by atoms with E-state index in [0.29, 0.717) is 6.61 Å². The van der Waals surface area contributed by atoms with Crippen molar-refractivity contribution >= 4 is 5.97 Å². The first-order valence-electron chi connectivity index (χ1n) is 3.75. The number of carbonyl (C=O) groups excluding carboxylic acids is 1. The van der Waals surface area contributed by atoms with Gasteiger partial charge in [-0.25, -0.2) is 0 Å². The highest BCUT2D eigenvalue weighted by atomic mass is 16.5. The van der Waals surface area contributed by atoms with Crippen molar-refractivity contribution in [2.45, 2.75) is 27.2 Å². The van der Waals surface area contributed by atoms with Gasteiger partial charge in [-0.15, -0.1) is 6.58 Å². The Morgan fingerprint density at radius 2 is 2.18 bits per heavy atom. The Hall–Kier alpha value is -0.790. The summed E-state index contributed by atoms with van der Waals surface area (Å²) in [4.78, 5) is 10.4. The average Bonchev–Trinajstić information content (AvgIpc) is 1.87. The molecule has 0 aromatic rings. The Kier molecular flexibility index (Phi) is 3.86. The molecule has 0 amide bonds. The summed E-state index contributed by atoms with van der Waals surface area (Å²) in [6.45, 7) is 9.71. The van der Waals surface area contributed by atoms with Crippen LogP contribution in [-0.2, 0) is 9.53 Å². The average molecular weight is 156 g/mol. The van der Waals surface area contributed by atoms with E-state index < -0.39 is 0 Å². The van der Waals surface area contributed by atoms with Gasteiger partial charge in [-0.3, -0.25) is 4.79 Å². The molecule has 0 atom stereocenters. The molecular weight excluding hydrogens is 140 g/mol. The summed E-state index contributed by atoms with van der Waals surface area (Å²) in [5.41, 5.74) is 0.0649. The third-order valence-electron chi connectivity index (χ3n) is 1.60.